The molecule has 16 heavy (non-hydrogen) atoms. The number of rotatable bonds is 4. The maximum atomic E-state index is 11.3. The summed E-state index contributed by atoms with van der Waals surface area (Å²) in [6.45, 7) is 6.50. The van der Waals surface area contributed by atoms with E-state index in [1.807, 2.05) is 24.3 Å². The van der Waals surface area contributed by atoms with Gasteiger partial charge in [0.1, 0.15) is 0 Å². The average molecular weight is 220 g/mol. The fraction of sp³-hybridized carbons (Fsp3) is 0.462. The lowest BCUT2D eigenvalue weighted by atomic mass is 10.1. The maximum Gasteiger partial charge on any atom is 0.251 e. The van der Waals surface area contributed by atoms with Crippen molar-refractivity contribution in [1.82, 2.24) is 5.32 Å². The summed E-state index contributed by atoms with van der Waals surface area (Å²) in [6, 6.07) is 7.95. The van der Waals surface area contributed by atoms with Gasteiger partial charge in [0.25, 0.3) is 5.91 Å². The van der Waals surface area contributed by atoms with Crippen molar-refractivity contribution >= 4 is 11.6 Å². The summed E-state index contributed by atoms with van der Waals surface area (Å²) in [5.74, 6) is 0.530. The van der Waals surface area contributed by atoms with Gasteiger partial charge in [-0.15, -0.1) is 0 Å². The number of carbonyl (C=O) groups is 1. The first kappa shape index (κ1) is 12.6. The van der Waals surface area contributed by atoms with E-state index in [1.165, 1.54) is 0 Å². The molecule has 0 radical (unpaired) electrons. The first-order valence-electron chi connectivity index (χ1n) is 5.63. The molecule has 1 unspecified atom stereocenters. The topological polar surface area (TPSA) is 41.1 Å². The van der Waals surface area contributed by atoms with Crippen molar-refractivity contribution in [2.24, 2.45) is 5.92 Å². The highest BCUT2D eigenvalue weighted by molar-refractivity contribution is 5.94. The van der Waals surface area contributed by atoms with E-state index in [-0.39, 0.29) is 5.91 Å². The van der Waals surface area contributed by atoms with Gasteiger partial charge in [-0.25, -0.2) is 0 Å². The fourth-order valence-corrected chi connectivity index (χ4v) is 1.29. The van der Waals surface area contributed by atoms with Gasteiger partial charge in [-0.1, -0.05) is 13.8 Å². The molecule has 0 spiro atoms. The van der Waals surface area contributed by atoms with Crippen LogP contribution in [0.15, 0.2) is 24.3 Å². The van der Waals surface area contributed by atoms with E-state index >= 15 is 0 Å². The summed E-state index contributed by atoms with van der Waals surface area (Å²) < 4.78 is 0. The summed E-state index contributed by atoms with van der Waals surface area (Å²) in [7, 11) is 1.63. The Morgan fingerprint density at radius 2 is 1.69 bits per heavy atom. The minimum Gasteiger partial charge on any atom is -0.382 e. The molecule has 0 fully saturated rings. The first-order chi connectivity index (χ1) is 7.54. The van der Waals surface area contributed by atoms with Gasteiger partial charge < -0.3 is 10.6 Å². The molecular weight excluding hydrogens is 200 g/mol. The number of nitrogens with one attached hydrogen (secondary N) is 2. The van der Waals surface area contributed by atoms with Gasteiger partial charge in [-0.2, -0.15) is 0 Å². The molecule has 0 aromatic heterocycles. The molecule has 88 valence electrons. The zero-order chi connectivity index (χ0) is 12.1. The van der Waals surface area contributed by atoms with E-state index in [0.717, 1.165) is 5.69 Å². The molecule has 1 atom stereocenters. The third-order valence-corrected chi connectivity index (χ3v) is 2.77. The lowest BCUT2D eigenvalue weighted by molar-refractivity contribution is 0.0963. The molecule has 2 N–H and O–H groups in total. The largest absolute Gasteiger partial charge is 0.382 e. The van der Waals surface area contributed by atoms with Crippen LogP contribution >= 0.6 is 0 Å². The normalized spacial score (nSPS) is 12.3. The molecule has 0 aliphatic carbocycles. The second kappa shape index (κ2) is 5.54. The van der Waals surface area contributed by atoms with E-state index in [2.05, 4.69) is 31.4 Å². The van der Waals surface area contributed by atoms with Crippen LogP contribution < -0.4 is 10.6 Å². The Kier molecular flexibility index (Phi) is 4.35. The molecule has 0 saturated carbocycles. The zero-order valence-corrected chi connectivity index (χ0v) is 10.4. The van der Waals surface area contributed by atoms with Crippen LogP contribution in [0.1, 0.15) is 31.1 Å². The average Bonchev–Trinajstić information content (AvgIpc) is 2.28. The molecule has 0 heterocycles. The Bertz CT molecular complexity index is 343. The molecule has 0 saturated heterocycles. The molecule has 3 nitrogen and oxygen atoms in total. The summed E-state index contributed by atoms with van der Waals surface area (Å²) >= 11 is 0. The number of carbonyl (C=O) groups excluding carboxylic acids is 1. The molecule has 0 aliphatic rings. The SMILES string of the molecule is CNC(=O)c1ccc(NC(C)C(C)C)cc1. The number of anilines is 1. The van der Waals surface area contributed by atoms with Crippen molar-refractivity contribution in [3.8, 4) is 0 Å². The second-order valence-electron chi connectivity index (χ2n) is 4.33. The van der Waals surface area contributed by atoms with Gasteiger partial charge in [0.15, 0.2) is 0 Å². The van der Waals surface area contributed by atoms with Crippen LogP contribution in [0.2, 0.25) is 0 Å². The van der Waals surface area contributed by atoms with E-state index in [4.69, 9.17) is 0 Å². The van der Waals surface area contributed by atoms with Crippen LogP contribution in [0.4, 0.5) is 5.69 Å². The van der Waals surface area contributed by atoms with Crippen molar-refractivity contribution in [3.05, 3.63) is 29.8 Å². The number of hydrogen-bond donors (Lipinski definition) is 2. The van der Waals surface area contributed by atoms with Crippen molar-refractivity contribution in [3.63, 3.8) is 0 Å². The zero-order valence-electron chi connectivity index (χ0n) is 10.4. The number of hydrogen-bond acceptors (Lipinski definition) is 2. The highest BCUT2D eigenvalue weighted by atomic mass is 16.1. The summed E-state index contributed by atoms with van der Waals surface area (Å²) in [6.07, 6.45) is 0. The van der Waals surface area contributed by atoms with Crippen LogP contribution in [-0.4, -0.2) is 19.0 Å². The smallest absolute Gasteiger partial charge is 0.251 e. The minimum absolute atomic E-state index is 0.0524. The van der Waals surface area contributed by atoms with E-state index < -0.39 is 0 Å². The predicted octanol–water partition coefficient (Wildman–Crippen LogP) is 2.50. The molecule has 0 aliphatic heterocycles. The number of amides is 1. The standard InChI is InChI=1S/C13H20N2O/c1-9(2)10(3)15-12-7-5-11(6-8-12)13(16)14-4/h5-10,15H,1-4H3,(H,14,16). The Morgan fingerprint density at radius 3 is 2.12 bits per heavy atom. The van der Waals surface area contributed by atoms with Crippen molar-refractivity contribution in [2.45, 2.75) is 26.8 Å². The molecule has 1 rings (SSSR count). The Hall–Kier alpha value is -1.51. The molecular formula is C13H20N2O. The van der Waals surface area contributed by atoms with Crippen LogP contribution in [0, 0.1) is 5.92 Å². The van der Waals surface area contributed by atoms with Gasteiger partial charge in [-0.05, 0) is 37.1 Å². The van der Waals surface area contributed by atoms with E-state index in [9.17, 15) is 4.79 Å². The van der Waals surface area contributed by atoms with E-state index in [0.29, 0.717) is 17.5 Å². The first-order valence-corrected chi connectivity index (χ1v) is 5.63. The maximum absolute atomic E-state index is 11.3. The minimum atomic E-state index is -0.0524. The molecule has 1 aromatic rings. The van der Waals surface area contributed by atoms with Crippen molar-refractivity contribution in [2.75, 3.05) is 12.4 Å². The Labute approximate surface area is 97.2 Å². The Balaban J connectivity index is 2.68. The van der Waals surface area contributed by atoms with Crippen molar-refractivity contribution < 1.29 is 4.79 Å². The Morgan fingerprint density at radius 1 is 1.12 bits per heavy atom. The van der Waals surface area contributed by atoms with Crippen LogP contribution in [0.25, 0.3) is 0 Å². The molecule has 3 heteroatoms. The second-order valence-corrected chi connectivity index (χ2v) is 4.33. The van der Waals surface area contributed by atoms with Crippen LogP contribution in [-0.2, 0) is 0 Å². The van der Waals surface area contributed by atoms with Gasteiger partial charge in [0.2, 0.25) is 0 Å². The summed E-state index contributed by atoms with van der Waals surface area (Å²) in [5.41, 5.74) is 1.74. The van der Waals surface area contributed by atoms with E-state index in [1.54, 1.807) is 7.05 Å². The van der Waals surface area contributed by atoms with Crippen molar-refractivity contribution in [1.29, 1.82) is 0 Å². The monoisotopic (exact) mass is 220 g/mol. The van der Waals surface area contributed by atoms with Crippen LogP contribution in [0.3, 0.4) is 0 Å². The van der Waals surface area contributed by atoms with Crippen LogP contribution in [0.5, 0.6) is 0 Å². The summed E-state index contributed by atoms with van der Waals surface area (Å²) in [4.78, 5) is 11.3. The molecule has 1 aromatic carbocycles. The van der Waals surface area contributed by atoms with Gasteiger partial charge in [-0.3, -0.25) is 4.79 Å². The highest BCUT2D eigenvalue weighted by Gasteiger charge is 2.07. The third kappa shape index (κ3) is 3.26. The fourth-order valence-electron chi connectivity index (χ4n) is 1.29. The molecule has 0 bridgehead atoms. The van der Waals surface area contributed by atoms with Gasteiger partial charge >= 0.3 is 0 Å². The highest BCUT2D eigenvalue weighted by Crippen LogP contribution is 2.13. The molecule has 1 amide bonds. The van der Waals surface area contributed by atoms with Gasteiger partial charge in [0, 0.05) is 24.3 Å². The lowest BCUT2D eigenvalue weighted by Crippen LogP contribution is -2.21. The third-order valence-electron chi connectivity index (χ3n) is 2.77. The number of benzene rings is 1. The predicted molar refractivity (Wildman–Crippen MR) is 67.8 cm³/mol. The van der Waals surface area contributed by atoms with Gasteiger partial charge in [0.05, 0.1) is 0 Å². The lowest BCUT2D eigenvalue weighted by Gasteiger charge is -2.18. The quantitative estimate of drug-likeness (QED) is 0.818. The summed E-state index contributed by atoms with van der Waals surface area (Å²) in [5, 5.41) is 5.99.